The third-order valence-electron chi connectivity index (χ3n) is 3.82. The highest BCUT2D eigenvalue weighted by molar-refractivity contribution is 7.12. The third-order valence-corrected chi connectivity index (χ3v) is 4.91. The van der Waals surface area contributed by atoms with Crippen molar-refractivity contribution in [2.24, 2.45) is 0 Å². The van der Waals surface area contributed by atoms with Gasteiger partial charge >= 0.3 is 5.97 Å². The van der Waals surface area contributed by atoms with Crippen LogP contribution >= 0.6 is 11.3 Å². The summed E-state index contributed by atoms with van der Waals surface area (Å²) in [7, 11) is 1.43. The first-order valence-corrected chi connectivity index (χ1v) is 8.00. The van der Waals surface area contributed by atoms with E-state index in [2.05, 4.69) is 46.5 Å². The number of hydrogen-bond acceptors (Lipinski definition) is 4. The lowest BCUT2D eigenvalue weighted by Crippen LogP contribution is -2.16. The van der Waals surface area contributed by atoms with E-state index in [1.54, 1.807) is 11.3 Å². The Bertz CT molecular complexity index is 608. The van der Waals surface area contributed by atoms with Gasteiger partial charge in [0.25, 0.3) is 0 Å². The molecule has 1 aliphatic rings. The second-order valence-electron chi connectivity index (χ2n) is 5.36. The molecule has 21 heavy (non-hydrogen) atoms. The van der Waals surface area contributed by atoms with Crippen molar-refractivity contribution in [3.63, 3.8) is 0 Å². The Kier molecular flexibility index (Phi) is 4.36. The fourth-order valence-electron chi connectivity index (χ4n) is 2.55. The summed E-state index contributed by atoms with van der Waals surface area (Å²) in [6, 6.07) is 15.3. The highest BCUT2D eigenvalue weighted by Gasteiger charge is 2.37. The first kappa shape index (κ1) is 14.3. The predicted octanol–water partition coefficient (Wildman–Crippen LogP) is 3.11. The van der Waals surface area contributed by atoms with Crippen LogP contribution in [0.2, 0.25) is 0 Å². The first-order chi connectivity index (χ1) is 10.3. The lowest BCUT2D eigenvalue weighted by Gasteiger charge is -2.02. The molecule has 0 bridgehead atoms. The Morgan fingerprint density at radius 1 is 1.24 bits per heavy atom. The fraction of sp³-hybridized carbons (Fsp3) is 0.353. The van der Waals surface area contributed by atoms with E-state index in [1.807, 2.05) is 6.07 Å². The van der Waals surface area contributed by atoms with E-state index >= 15 is 0 Å². The summed E-state index contributed by atoms with van der Waals surface area (Å²) in [5.41, 5.74) is 1.42. The number of hydrogen-bond donors (Lipinski definition) is 1. The van der Waals surface area contributed by atoms with Crippen LogP contribution in [0.15, 0.2) is 42.5 Å². The molecule has 1 aromatic carbocycles. The van der Waals surface area contributed by atoms with Crippen LogP contribution in [-0.2, 0) is 22.5 Å². The molecule has 2 atom stereocenters. The van der Waals surface area contributed by atoms with Crippen LogP contribution in [0, 0.1) is 0 Å². The van der Waals surface area contributed by atoms with Gasteiger partial charge in [0.1, 0.15) is 0 Å². The molecule has 1 N–H and O–H groups in total. The van der Waals surface area contributed by atoms with Crippen molar-refractivity contribution < 1.29 is 9.53 Å². The molecule has 0 saturated heterocycles. The molecule has 1 heterocycles. The Labute approximate surface area is 129 Å². The number of carbonyl (C=O) groups is 1. The van der Waals surface area contributed by atoms with Gasteiger partial charge < -0.3 is 10.1 Å². The molecule has 4 heteroatoms. The largest absolute Gasteiger partial charge is 0.469 e. The van der Waals surface area contributed by atoms with Gasteiger partial charge in [-0.05, 0) is 24.1 Å². The third kappa shape index (κ3) is 3.71. The number of thiophene rings is 1. The van der Waals surface area contributed by atoms with E-state index in [-0.39, 0.29) is 5.97 Å². The van der Waals surface area contributed by atoms with Gasteiger partial charge in [-0.25, -0.2) is 0 Å². The van der Waals surface area contributed by atoms with Crippen LogP contribution in [0.4, 0.5) is 0 Å². The van der Waals surface area contributed by atoms with E-state index < -0.39 is 0 Å². The van der Waals surface area contributed by atoms with Crippen molar-refractivity contribution in [1.29, 1.82) is 0 Å². The maximum absolute atomic E-state index is 11.2. The van der Waals surface area contributed by atoms with Crippen molar-refractivity contribution in [2.45, 2.75) is 31.3 Å². The van der Waals surface area contributed by atoms with E-state index in [9.17, 15) is 4.79 Å². The average molecular weight is 301 g/mol. The summed E-state index contributed by atoms with van der Waals surface area (Å²) in [5.74, 6) is 0.475. The summed E-state index contributed by atoms with van der Waals surface area (Å²) in [4.78, 5) is 13.6. The summed E-state index contributed by atoms with van der Waals surface area (Å²) in [5, 5.41) is 3.60. The fourth-order valence-corrected chi connectivity index (χ4v) is 3.50. The van der Waals surface area contributed by atoms with Gasteiger partial charge in [0.2, 0.25) is 0 Å². The molecule has 1 fully saturated rings. The van der Waals surface area contributed by atoms with Crippen LogP contribution in [-0.4, -0.2) is 19.1 Å². The lowest BCUT2D eigenvalue weighted by molar-refractivity contribution is -0.139. The monoisotopic (exact) mass is 301 g/mol. The number of benzene rings is 1. The standard InChI is InChI=1S/C17H19NO2S/c1-20-17(19)9-13-7-8-14(21-13)11-18-16-10-15(16)12-5-3-2-4-6-12/h2-8,15-16,18H,9-11H2,1H3. The average Bonchev–Trinajstić information content (AvgIpc) is 3.17. The summed E-state index contributed by atoms with van der Waals surface area (Å²) >= 11 is 1.68. The molecule has 0 spiro atoms. The molecule has 2 aromatic rings. The summed E-state index contributed by atoms with van der Waals surface area (Å²) in [6.07, 6.45) is 1.58. The number of ether oxygens (including phenoxy) is 1. The summed E-state index contributed by atoms with van der Waals surface area (Å²) < 4.78 is 4.69. The zero-order valence-electron chi connectivity index (χ0n) is 12.0. The Morgan fingerprint density at radius 3 is 2.76 bits per heavy atom. The van der Waals surface area contributed by atoms with Gasteiger partial charge in [-0.15, -0.1) is 11.3 Å². The molecule has 0 radical (unpaired) electrons. The van der Waals surface area contributed by atoms with Crippen molar-refractivity contribution in [3.8, 4) is 0 Å². The highest BCUT2D eigenvalue weighted by atomic mass is 32.1. The molecular formula is C17H19NO2S. The molecular weight excluding hydrogens is 282 g/mol. The SMILES string of the molecule is COC(=O)Cc1ccc(CNC2CC2c2ccccc2)s1. The van der Waals surface area contributed by atoms with Gasteiger partial charge in [0.15, 0.2) is 0 Å². The molecule has 1 saturated carbocycles. The molecule has 0 amide bonds. The first-order valence-electron chi connectivity index (χ1n) is 7.19. The number of nitrogens with one attached hydrogen (secondary N) is 1. The Balaban J connectivity index is 1.47. The second kappa shape index (κ2) is 6.41. The molecule has 3 nitrogen and oxygen atoms in total. The van der Waals surface area contributed by atoms with E-state index in [0.29, 0.717) is 18.4 Å². The molecule has 3 rings (SSSR count). The van der Waals surface area contributed by atoms with Crippen LogP contribution < -0.4 is 5.32 Å². The molecule has 1 aliphatic carbocycles. The van der Waals surface area contributed by atoms with Gasteiger partial charge in [-0.3, -0.25) is 4.79 Å². The van der Waals surface area contributed by atoms with Crippen molar-refractivity contribution >= 4 is 17.3 Å². The van der Waals surface area contributed by atoms with Crippen LogP contribution in [0.3, 0.4) is 0 Å². The van der Waals surface area contributed by atoms with Crippen LogP contribution in [0.1, 0.15) is 27.7 Å². The number of carbonyl (C=O) groups excluding carboxylic acids is 1. The number of methoxy groups -OCH3 is 1. The topological polar surface area (TPSA) is 38.3 Å². The van der Waals surface area contributed by atoms with Crippen molar-refractivity contribution in [1.82, 2.24) is 5.32 Å². The van der Waals surface area contributed by atoms with Crippen LogP contribution in [0.5, 0.6) is 0 Å². The molecule has 0 aliphatic heterocycles. The van der Waals surface area contributed by atoms with Gasteiger partial charge in [-0.2, -0.15) is 0 Å². The molecule has 110 valence electrons. The lowest BCUT2D eigenvalue weighted by atomic mass is 10.1. The number of esters is 1. The minimum Gasteiger partial charge on any atom is -0.469 e. The van der Waals surface area contributed by atoms with Gasteiger partial charge in [-0.1, -0.05) is 30.3 Å². The normalized spacial score (nSPS) is 20.2. The summed E-state index contributed by atoms with van der Waals surface area (Å²) in [6.45, 7) is 0.875. The van der Waals surface area contributed by atoms with Crippen LogP contribution in [0.25, 0.3) is 0 Å². The maximum Gasteiger partial charge on any atom is 0.310 e. The van der Waals surface area contributed by atoms with E-state index in [0.717, 1.165) is 11.4 Å². The predicted molar refractivity (Wildman–Crippen MR) is 84.5 cm³/mol. The van der Waals surface area contributed by atoms with Crippen molar-refractivity contribution in [2.75, 3.05) is 7.11 Å². The van der Waals surface area contributed by atoms with E-state index in [1.165, 1.54) is 24.0 Å². The van der Waals surface area contributed by atoms with Gasteiger partial charge in [0, 0.05) is 28.3 Å². The van der Waals surface area contributed by atoms with Crippen molar-refractivity contribution in [3.05, 3.63) is 57.8 Å². The Morgan fingerprint density at radius 2 is 2.00 bits per heavy atom. The highest BCUT2D eigenvalue weighted by Crippen LogP contribution is 2.40. The Hall–Kier alpha value is -1.65. The quantitative estimate of drug-likeness (QED) is 0.833. The molecule has 1 aromatic heterocycles. The number of rotatable bonds is 6. The minimum atomic E-state index is -0.178. The minimum absolute atomic E-state index is 0.178. The van der Waals surface area contributed by atoms with E-state index in [4.69, 9.17) is 0 Å². The smallest absolute Gasteiger partial charge is 0.310 e. The zero-order chi connectivity index (χ0) is 14.7. The second-order valence-corrected chi connectivity index (χ2v) is 6.61. The molecule has 2 unspecified atom stereocenters. The zero-order valence-corrected chi connectivity index (χ0v) is 12.9. The van der Waals surface area contributed by atoms with Gasteiger partial charge in [0.05, 0.1) is 13.5 Å². The maximum atomic E-state index is 11.2.